The summed E-state index contributed by atoms with van der Waals surface area (Å²) in [6.07, 6.45) is 1.34. The number of aryl methyl sites for hydroxylation is 1. The Morgan fingerprint density at radius 2 is 1.90 bits per heavy atom. The first-order valence-corrected chi connectivity index (χ1v) is 6.92. The van der Waals surface area contributed by atoms with E-state index in [1.807, 2.05) is 38.1 Å². The molecule has 0 aliphatic carbocycles. The summed E-state index contributed by atoms with van der Waals surface area (Å²) in [4.78, 5) is 8.53. The number of halogens is 1. The number of aromatic nitrogens is 2. The number of hydrogen-bond donors (Lipinski definition) is 1. The number of benzene rings is 1. The monoisotopic (exact) mass is 292 g/mol. The minimum absolute atomic E-state index is 0.140. The molecular weight excluding hydrogens is 276 g/mol. The van der Waals surface area contributed by atoms with Crippen LogP contribution in [0.25, 0.3) is 0 Å². The standard InChI is InChI=1S/C15H17ClN2O2/c1-3-13-17-14(16)10(2)15(18-13)20-12-6-4-11(5-7-12)8-9-19/h4-7,19H,3,8-9H2,1-2H3. The lowest BCUT2D eigenvalue weighted by Crippen LogP contribution is -2.00. The van der Waals surface area contributed by atoms with E-state index in [-0.39, 0.29) is 6.61 Å². The summed E-state index contributed by atoms with van der Waals surface area (Å²) < 4.78 is 5.77. The van der Waals surface area contributed by atoms with Gasteiger partial charge < -0.3 is 9.84 Å². The summed E-state index contributed by atoms with van der Waals surface area (Å²) in [7, 11) is 0. The van der Waals surface area contributed by atoms with Crippen molar-refractivity contribution in [3.8, 4) is 11.6 Å². The van der Waals surface area contributed by atoms with Crippen LogP contribution in [-0.2, 0) is 12.8 Å². The van der Waals surface area contributed by atoms with Gasteiger partial charge in [-0.2, -0.15) is 4.98 Å². The number of hydrogen-bond acceptors (Lipinski definition) is 4. The van der Waals surface area contributed by atoms with Crippen molar-refractivity contribution in [1.82, 2.24) is 9.97 Å². The van der Waals surface area contributed by atoms with Gasteiger partial charge in [-0.15, -0.1) is 0 Å². The van der Waals surface area contributed by atoms with Gasteiger partial charge in [0.05, 0.1) is 0 Å². The molecule has 0 aliphatic heterocycles. The van der Waals surface area contributed by atoms with Crippen molar-refractivity contribution in [3.63, 3.8) is 0 Å². The summed E-state index contributed by atoms with van der Waals surface area (Å²) in [5.74, 6) is 1.83. The van der Waals surface area contributed by atoms with Gasteiger partial charge in [-0.25, -0.2) is 4.98 Å². The predicted molar refractivity (Wildman–Crippen MR) is 78.5 cm³/mol. The Morgan fingerprint density at radius 3 is 2.50 bits per heavy atom. The van der Waals surface area contributed by atoms with Gasteiger partial charge in [0.1, 0.15) is 16.7 Å². The minimum atomic E-state index is 0.140. The molecular formula is C15H17ClN2O2. The van der Waals surface area contributed by atoms with Crippen LogP contribution in [0.3, 0.4) is 0 Å². The lowest BCUT2D eigenvalue weighted by Gasteiger charge is -2.10. The Morgan fingerprint density at radius 1 is 1.20 bits per heavy atom. The van der Waals surface area contributed by atoms with Crippen molar-refractivity contribution in [2.24, 2.45) is 0 Å². The molecule has 0 fully saturated rings. The Balaban J connectivity index is 2.22. The number of rotatable bonds is 5. The topological polar surface area (TPSA) is 55.2 Å². The van der Waals surface area contributed by atoms with Crippen LogP contribution in [0.5, 0.6) is 11.6 Å². The Hall–Kier alpha value is -1.65. The second kappa shape index (κ2) is 6.68. The highest BCUT2D eigenvalue weighted by Gasteiger charge is 2.10. The first-order chi connectivity index (χ1) is 9.63. The normalized spacial score (nSPS) is 10.6. The van der Waals surface area contributed by atoms with E-state index in [0.29, 0.717) is 35.4 Å². The van der Waals surface area contributed by atoms with E-state index in [0.717, 1.165) is 11.1 Å². The molecule has 1 heterocycles. The van der Waals surface area contributed by atoms with Gasteiger partial charge in [-0.3, -0.25) is 0 Å². The van der Waals surface area contributed by atoms with Crippen LogP contribution in [0, 0.1) is 6.92 Å². The molecule has 0 amide bonds. The largest absolute Gasteiger partial charge is 0.439 e. The zero-order valence-corrected chi connectivity index (χ0v) is 12.3. The minimum Gasteiger partial charge on any atom is -0.439 e. The molecule has 5 heteroatoms. The maximum absolute atomic E-state index is 8.89. The Labute approximate surface area is 123 Å². The quantitative estimate of drug-likeness (QED) is 0.859. The van der Waals surface area contributed by atoms with Gasteiger partial charge >= 0.3 is 0 Å². The van der Waals surface area contributed by atoms with Gasteiger partial charge in [0.2, 0.25) is 5.88 Å². The number of aliphatic hydroxyl groups excluding tert-OH is 1. The fourth-order valence-corrected chi connectivity index (χ4v) is 1.91. The molecule has 0 spiro atoms. The van der Waals surface area contributed by atoms with Crippen molar-refractivity contribution >= 4 is 11.6 Å². The van der Waals surface area contributed by atoms with Gasteiger partial charge in [-0.05, 0) is 31.0 Å². The Bertz CT molecular complexity index is 585. The van der Waals surface area contributed by atoms with Crippen LogP contribution in [0.15, 0.2) is 24.3 Å². The van der Waals surface area contributed by atoms with E-state index in [2.05, 4.69) is 9.97 Å². The summed E-state index contributed by atoms with van der Waals surface area (Å²) in [5.41, 5.74) is 1.79. The summed E-state index contributed by atoms with van der Waals surface area (Å²) >= 11 is 6.07. The number of nitrogens with zero attached hydrogens (tertiary/aromatic N) is 2. The van der Waals surface area contributed by atoms with Gasteiger partial charge in [0.25, 0.3) is 0 Å². The summed E-state index contributed by atoms with van der Waals surface area (Å²) in [5, 5.41) is 9.31. The molecule has 4 nitrogen and oxygen atoms in total. The number of ether oxygens (including phenoxy) is 1. The van der Waals surface area contributed by atoms with Crippen LogP contribution in [-0.4, -0.2) is 21.7 Å². The van der Waals surface area contributed by atoms with Gasteiger partial charge in [-0.1, -0.05) is 30.7 Å². The third-order valence-electron chi connectivity index (χ3n) is 2.94. The van der Waals surface area contributed by atoms with Crippen molar-refractivity contribution in [1.29, 1.82) is 0 Å². The first-order valence-electron chi connectivity index (χ1n) is 6.54. The fraction of sp³-hybridized carbons (Fsp3) is 0.333. The van der Waals surface area contributed by atoms with E-state index in [1.54, 1.807) is 0 Å². The second-order valence-corrected chi connectivity index (χ2v) is 4.79. The lowest BCUT2D eigenvalue weighted by atomic mass is 10.1. The van der Waals surface area contributed by atoms with Crippen LogP contribution in [0.4, 0.5) is 0 Å². The molecule has 0 aliphatic rings. The molecule has 0 saturated heterocycles. The van der Waals surface area contributed by atoms with Crippen molar-refractivity contribution < 1.29 is 9.84 Å². The lowest BCUT2D eigenvalue weighted by molar-refractivity contribution is 0.299. The molecule has 2 rings (SSSR count). The van der Waals surface area contributed by atoms with Crippen LogP contribution < -0.4 is 4.74 Å². The molecule has 0 radical (unpaired) electrons. The molecule has 1 N–H and O–H groups in total. The van der Waals surface area contributed by atoms with E-state index in [9.17, 15) is 0 Å². The van der Waals surface area contributed by atoms with Crippen molar-refractivity contribution in [2.75, 3.05) is 6.61 Å². The van der Waals surface area contributed by atoms with Crippen LogP contribution in [0.2, 0.25) is 5.15 Å². The first kappa shape index (κ1) is 14.8. The zero-order chi connectivity index (χ0) is 14.5. The molecule has 1 aromatic heterocycles. The second-order valence-electron chi connectivity index (χ2n) is 4.43. The van der Waals surface area contributed by atoms with E-state index >= 15 is 0 Å². The highest BCUT2D eigenvalue weighted by Crippen LogP contribution is 2.27. The predicted octanol–water partition coefficient (Wildman–Crippen LogP) is 3.33. The number of aliphatic hydroxyl groups is 1. The molecule has 106 valence electrons. The highest BCUT2D eigenvalue weighted by molar-refractivity contribution is 6.30. The smallest absolute Gasteiger partial charge is 0.226 e. The molecule has 0 bridgehead atoms. The summed E-state index contributed by atoms with van der Waals surface area (Å²) in [6.45, 7) is 3.94. The van der Waals surface area contributed by atoms with E-state index in [1.165, 1.54) is 0 Å². The van der Waals surface area contributed by atoms with E-state index in [4.69, 9.17) is 21.4 Å². The molecule has 20 heavy (non-hydrogen) atoms. The van der Waals surface area contributed by atoms with E-state index < -0.39 is 0 Å². The van der Waals surface area contributed by atoms with Gasteiger partial charge in [0.15, 0.2) is 0 Å². The van der Waals surface area contributed by atoms with Crippen molar-refractivity contribution in [3.05, 3.63) is 46.4 Å². The third kappa shape index (κ3) is 3.46. The zero-order valence-electron chi connectivity index (χ0n) is 11.6. The molecule has 2 aromatic rings. The maximum atomic E-state index is 8.89. The van der Waals surface area contributed by atoms with Crippen molar-refractivity contribution in [2.45, 2.75) is 26.7 Å². The van der Waals surface area contributed by atoms with Crippen LogP contribution in [0.1, 0.15) is 23.9 Å². The molecule has 0 saturated carbocycles. The maximum Gasteiger partial charge on any atom is 0.226 e. The Kier molecular flexibility index (Phi) is 4.93. The average Bonchev–Trinajstić information content (AvgIpc) is 2.46. The molecule has 0 atom stereocenters. The SMILES string of the molecule is CCc1nc(Cl)c(C)c(Oc2ccc(CCO)cc2)n1. The van der Waals surface area contributed by atoms with Gasteiger partial charge in [0, 0.05) is 18.6 Å². The fourth-order valence-electron chi connectivity index (χ4n) is 1.73. The molecule has 1 aromatic carbocycles. The highest BCUT2D eigenvalue weighted by atomic mass is 35.5. The molecule has 0 unspecified atom stereocenters. The third-order valence-corrected chi connectivity index (χ3v) is 3.31. The summed E-state index contributed by atoms with van der Waals surface area (Å²) in [6, 6.07) is 7.55. The van der Waals surface area contributed by atoms with Crippen LogP contribution >= 0.6 is 11.6 Å². The average molecular weight is 293 g/mol.